The summed E-state index contributed by atoms with van der Waals surface area (Å²) in [6, 6.07) is 12.5. The summed E-state index contributed by atoms with van der Waals surface area (Å²) in [5.41, 5.74) is 1.19. The van der Waals surface area contributed by atoms with Crippen molar-refractivity contribution in [3.63, 3.8) is 0 Å². The van der Waals surface area contributed by atoms with Crippen molar-refractivity contribution in [2.24, 2.45) is 0 Å². The molecule has 5 nitrogen and oxygen atoms in total. The second-order valence-electron chi connectivity index (χ2n) is 6.35. The van der Waals surface area contributed by atoms with Crippen LogP contribution in [0.1, 0.15) is 20.3 Å². The van der Waals surface area contributed by atoms with Gasteiger partial charge in [-0.2, -0.15) is 0 Å². The number of amides is 1. The molecule has 0 aliphatic rings. The standard InChI is InChI=1S/C21H26N4OS2/c1-3-25(4-2)12-11-22-19(26)10-13-27-20-17-14-18(16-8-6-5-7-9-16)28-21(17)24-15-23-20/h5-9,14-15H,3-4,10-13H2,1-2H3,(H,22,26). The van der Waals surface area contributed by atoms with E-state index in [2.05, 4.69) is 52.2 Å². The molecule has 0 aliphatic carbocycles. The number of nitrogens with one attached hydrogen (secondary N) is 1. The molecule has 0 fully saturated rings. The molecule has 0 spiro atoms. The van der Waals surface area contributed by atoms with Crippen LogP contribution >= 0.6 is 23.1 Å². The van der Waals surface area contributed by atoms with E-state index in [1.807, 2.05) is 18.2 Å². The van der Waals surface area contributed by atoms with Crippen LogP contribution in [0.2, 0.25) is 0 Å². The summed E-state index contributed by atoms with van der Waals surface area (Å²) in [5, 5.41) is 5.02. The fraction of sp³-hybridized carbons (Fsp3) is 0.381. The molecular weight excluding hydrogens is 388 g/mol. The number of thioether (sulfide) groups is 1. The van der Waals surface area contributed by atoms with Gasteiger partial charge in [0.1, 0.15) is 16.2 Å². The number of benzene rings is 1. The number of likely N-dealkylation sites (N-methyl/N-ethyl adjacent to an activating group) is 1. The number of rotatable bonds is 10. The second kappa shape index (κ2) is 10.5. The average Bonchev–Trinajstić information content (AvgIpc) is 3.17. The molecule has 2 aromatic heterocycles. The predicted octanol–water partition coefficient (Wildman–Crippen LogP) is 4.30. The third kappa shape index (κ3) is 5.53. The molecule has 0 saturated heterocycles. The van der Waals surface area contributed by atoms with Crippen LogP contribution in [0.15, 0.2) is 47.8 Å². The Balaban J connectivity index is 1.55. The van der Waals surface area contributed by atoms with Crippen molar-refractivity contribution in [2.75, 3.05) is 31.9 Å². The Labute approximate surface area is 174 Å². The first-order valence-electron chi connectivity index (χ1n) is 9.63. The van der Waals surface area contributed by atoms with E-state index in [0.29, 0.717) is 18.7 Å². The highest BCUT2D eigenvalue weighted by atomic mass is 32.2. The van der Waals surface area contributed by atoms with Gasteiger partial charge in [0.25, 0.3) is 0 Å². The number of fused-ring (bicyclic) bond motifs is 1. The number of hydrogen-bond acceptors (Lipinski definition) is 6. The molecule has 3 aromatic rings. The third-order valence-corrected chi connectivity index (χ3v) is 6.66. The van der Waals surface area contributed by atoms with Gasteiger partial charge < -0.3 is 10.2 Å². The van der Waals surface area contributed by atoms with Gasteiger partial charge >= 0.3 is 0 Å². The average molecular weight is 415 g/mol. The number of carbonyl (C=O) groups excluding carboxylic acids is 1. The van der Waals surface area contributed by atoms with E-state index < -0.39 is 0 Å². The Morgan fingerprint density at radius 1 is 1.18 bits per heavy atom. The summed E-state index contributed by atoms with van der Waals surface area (Å²) in [7, 11) is 0. The fourth-order valence-electron chi connectivity index (χ4n) is 2.92. The first-order valence-corrected chi connectivity index (χ1v) is 11.4. The van der Waals surface area contributed by atoms with E-state index >= 15 is 0 Å². The minimum absolute atomic E-state index is 0.0975. The molecule has 2 heterocycles. The Bertz CT molecular complexity index is 894. The molecule has 3 rings (SSSR count). The first-order chi connectivity index (χ1) is 13.7. The van der Waals surface area contributed by atoms with Crippen LogP contribution in [0.25, 0.3) is 20.7 Å². The number of hydrogen-bond donors (Lipinski definition) is 1. The highest BCUT2D eigenvalue weighted by Gasteiger charge is 2.11. The molecule has 0 bridgehead atoms. The molecule has 7 heteroatoms. The maximum atomic E-state index is 12.1. The van der Waals surface area contributed by atoms with Crippen LogP contribution in [0.5, 0.6) is 0 Å². The molecule has 0 unspecified atom stereocenters. The van der Waals surface area contributed by atoms with Gasteiger partial charge in [-0.1, -0.05) is 44.2 Å². The SMILES string of the molecule is CCN(CC)CCNC(=O)CCSc1ncnc2sc(-c3ccccc3)cc12. The lowest BCUT2D eigenvalue weighted by atomic mass is 10.2. The topological polar surface area (TPSA) is 58.1 Å². The predicted molar refractivity (Wildman–Crippen MR) is 119 cm³/mol. The van der Waals surface area contributed by atoms with Gasteiger partial charge in [-0.15, -0.1) is 23.1 Å². The molecule has 148 valence electrons. The van der Waals surface area contributed by atoms with Crippen molar-refractivity contribution < 1.29 is 4.79 Å². The number of carbonyl (C=O) groups is 1. The van der Waals surface area contributed by atoms with Crippen molar-refractivity contribution in [3.05, 3.63) is 42.7 Å². The van der Waals surface area contributed by atoms with Gasteiger partial charge in [0, 0.05) is 35.5 Å². The van der Waals surface area contributed by atoms with Gasteiger partial charge in [0.2, 0.25) is 5.91 Å². The van der Waals surface area contributed by atoms with E-state index in [1.165, 1.54) is 10.4 Å². The Morgan fingerprint density at radius 3 is 2.71 bits per heavy atom. The van der Waals surface area contributed by atoms with E-state index in [4.69, 9.17) is 0 Å². The van der Waals surface area contributed by atoms with Gasteiger partial charge in [-0.25, -0.2) is 9.97 Å². The van der Waals surface area contributed by atoms with Gasteiger partial charge in [-0.05, 0) is 24.7 Å². The van der Waals surface area contributed by atoms with Crippen LogP contribution in [0.3, 0.4) is 0 Å². The molecule has 1 N–H and O–H groups in total. The number of aromatic nitrogens is 2. The minimum atomic E-state index is 0.0975. The molecule has 0 saturated carbocycles. The van der Waals surface area contributed by atoms with E-state index in [9.17, 15) is 4.79 Å². The van der Waals surface area contributed by atoms with Crippen molar-refractivity contribution in [1.29, 1.82) is 0 Å². The second-order valence-corrected chi connectivity index (χ2v) is 8.46. The zero-order valence-corrected chi connectivity index (χ0v) is 18.0. The summed E-state index contributed by atoms with van der Waals surface area (Å²) in [4.78, 5) is 25.4. The van der Waals surface area contributed by atoms with E-state index in [1.54, 1.807) is 29.4 Å². The van der Waals surface area contributed by atoms with Crippen molar-refractivity contribution >= 4 is 39.2 Å². The van der Waals surface area contributed by atoms with Crippen molar-refractivity contribution in [1.82, 2.24) is 20.2 Å². The molecule has 28 heavy (non-hydrogen) atoms. The zero-order valence-electron chi connectivity index (χ0n) is 16.4. The molecular formula is C21H26N4OS2. The highest BCUT2D eigenvalue weighted by Crippen LogP contribution is 2.36. The maximum absolute atomic E-state index is 12.1. The first kappa shape index (κ1) is 20.8. The highest BCUT2D eigenvalue weighted by molar-refractivity contribution is 7.99. The van der Waals surface area contributed by atoms with Gasteiger partial charge in [0.05, 0.1) is 0 Å². The summed E-state index contributed by atoms with van der Waals surface area (Å²) in [6.45, 7) is 7.90. The third-order valence-electron chi connectivity index (χ3n) is 4.56. The summed E-state index contributed by atoms with van der Waals surface area (Å²) in [5.74, 6) is 0.806. The minimum Gasteiger partial charge on any atom is -0.355 e. The Hall–Kier alpha value is -1.96. The van der Waals surface area contributed by atoms with Crippen molar-refractivity contribution in [2.45, 2.75) is 25.3 Å². The fourth-order valence-corrected chi connectivity index (χ4v) is 4.90. The quantitative estimate of drug-likeness (QED) is 0.396. The van der Waals surface area contributed by atoms with Crippen LogP contribution in [-0.4, -0.2) is 52.7 Å². The summed E-state index contributed by atoms with van der Waals surface area (Å²) >= 11 is 3.29. The summed E-state index contributed by atoms with van der Waals surface area (Å²) in [6.07, 6.45) is 2.10. The molecule has 0 radical (unpaired) electrons. The molecule has 0 aliphatic heterocycles. The lowest BCUT2D eigenvalue weighted by Gasteiger charge is -2.17. The van der Waals surface area contributed by atoms with Gasteiger partial charge in [-0.3, -0.25) is 4.79 Å². The lowest BCUT2D eigenvalue weighted by molar-refractivity contribution is -0.120. The van der Waals surface area contributed by atoms with Crippen LogP contribution < -0.4 is 5.32 Å². The maximum Gasteiger partial charge on any atom is 0.220 e. The van der Waals surface area contributed by atoms with Gasteiger partial charge in [0.15, 0.2) is 0 Å². The van der Waals surface area contributed by atoms with Crippen molar-refractivity contribution in [3.8, 4) is 10.4 Å². The zero-order chi connectivity index (χ0) is 19.8. The van der Waals surface area contributed by atoms with Crippen LogP contribution in [0, 0.1) is 0 Å². The molecule has 1 amide bonds. The molecule has 1 aromatic carbocycles. The normalized spacial score (nSPS) is 11.2. The Kier molecular flexibility index (Phi) is 7.82. The van der Waals surface area contributed by atoms with E-state index in [-0.39, 0.29) is 5.91 Å². The Morgan fingerprint density at radius 2 is 1.96 bits per heavy atom. The smallest absolute Gasteiger partial charge is 0.220 e. The molecule has 0 atom stereocenters. The van der Waals surface area contributed by atoms with Crippen LogP contribution in [-0.2, 0) is 4.79 Å². The summed E-state index contributed by atoms with van der Waals surface area (Å²) < 4.78 is 0. The van der Waals surface area contributed by atoms with Crippen LogP contribution in [0.4, 0.5) is 0 Å². The van der Waals surface area contributed by atoms with E-state index in [0.717, 1.165) is 34.9 Å². The number of thiophene rings is 1. The number of nitrogens with zero attached hydrogens (tertiary/aromatic N) is 3. The lowest BCUT2D eigenvalue weighted by Crippen LogP contribution is -2.34. The monoisotopic (exact) mass is 414 g/mol. The largest absolute Gasteiger partial charge is 0.355 e.